The summed E-state index contributed by atoms with van der Waals surface area (Å²) in [4.78, 5) is 23.1. The zero-order valence-corrected chi connectivity index (χ0v) is 19.1. The molecule has 1 aliphatic carbocycles. The highest BCUT2D eigenvalue weighted by Gasteiger charge is 2.31. The van der Waals surface area contributed by atoms with E-state index in [0.717, 1.165) is 12.8 Å². The molecule has 2 unspecified atom stereocenters. The molecule has 32 heavy (non-hydrogen) atoms. The van der Waals surface area contributed by atoms with Gasteiger partial charge in [0.05, 0.1) is 11.9 Å². The number of nitrogens with two attached hydrogens (primary N) is 1. The topological polar surface area (TPSA) is 116 Å². The molecule has 2 amide bonds. The average Bonchev–Trinajstić information content (AvgIpc) is 3.55. The predicted octanol–water partition coefficient (Wildman–Crippen LogP) is 3.15. The Morgan fingerprint density at radius 3 is 2.62 bits per heavy atom. The molecule has 3 atom stereocenters. The largest absolute Gasteiger partial charge is 0.490 e. The number of ether oxygens (including phenoxy) is 1. The number of nitrogens with one attached hydrogen (secondary N) is 1. The third-order valence-electron chi connectivity index (χ3n) is 6.17. The summed E-state index contributed by atoms with van der Waals surface area (Å²) in [7, 11) is -3.90. The molecule has 0 aromatic heterocycles. The molecule has 0 radical (unpaired) electrons. The lowest BCUT2D eigenvalue weighted by atomic mass is 9.90. The van der Waals surface area contributed by atoms with Gasteiger partial charge < -0.3 is 4.74 Å². The summed E-state index contributed by atoms with van der Waals surface area (Å²) in [5, 5.41) is 6.98. The van der Waals surface area contributed by atoms with Gasteiger partial charge in [0.1, 0.15) is 0 Å². The summed E-state index contributed by atoms with van der Waals surface area (Å²) in [6.45, 7) is 2.32. The number of carbonyl (C=O) groups is 2. The van der Waals surface area contributed by atoms with Gasteiger partial charge in [-0.1, -0.05) is 25.1 Å². The second-order valence-corrected chi connectivity index (χ2v) is 10.5. The van der Waals surface area contributed by atoms with Gasteiger partial charge in [0.15, 0.2) is 11.6 Å². The van der Waals surface area contributed by atoms with Crippen LogP contribution in [0.5, 0.6) is 5.75 Å². The van der Waals surface area contributed by atoms with E-state index < -0.39 is 27.0 Å². The number of allylic oxidation sites excluding steroid dienone is 2. The number of hydrogen-bond donors (Lipinski definition) is 2. The van der Waals surface area contributed by atoms with Crippen LogP contribution in [0.3, 0.4) is 0 Å². The van der Waals surface area contributed by atoms with E-state index in [4.69, 9.17) is 9.88 Å². The minimum absolute atomic E-state index is 0.134. The van der Waals surface area contributed by atoms with Crippen molar-refractivity contribution < 1.29 is 27.1 Å². The maximum atomic E-state index is 14.2. The molecule has 2 aliphatic rings. The maximum absolute atomic E-state index is 14.2. The molecule has 3 rings (SSSR count). The van der Waals surface area contributed by atoms with Crippen LogP contribution in [0.2, 0.25) is 0 Å². The van der Waals surface area contributed by atoms with Gasteiger partial charge in [-0.25, -0.2) is 17.9 Å². The molecule has 1 aromatic carbocycles. The van der Waals surface area contributed by atoms with Crippen molar-refractivity contribution in [3.63, 3.8) is 0 Å². The number of benzene rings is 1. The first kappa shape index (κ1) is 24.4. The summed E-state index contributed by atoms with van der Waals surface area (Å²) < 4.78 is 44.6. The lowest BCUT2D eigenvalue weighted by Crippen LogP contribution is -2.40. The van der Waals surface area contributed by atoms with Crippen LogP contribution in [-0.2, 0) is 19.6 Å². The molecule has 9 heteroatoms. The van der Waals surface area contributed by atoms with Crippen molar-refractivity contribution in [1.82, 2.24) is 5.32 Å². The number of imide groups is 1. The Kier molecular flexibility index (Phi) is 8.05. The van der Waals surface area contributed by atoms with Crippen molar-refractivity contribution in [2.45, 2.75) is 63.0 Å². The molecule has 3 N–H and O–H groups in total. The zero-order chi connectivity index (χ0) is 23.3. The molecular formula is C23H31FN2O5S. The Balaban J connectivity index is 1.70. The van der Waals surface area contributed by atoms with E-state index in [0.29, 0.717) is 43.8 Å². The first-order valence-corrected chi connectivity index (χ1v) is 12.7. The van der Waals surface area contributed by atoms with Crippen molar-refractivity contribution in [3.05, 3.63) is 41.7 Å². The van der Waals surface area contributed by atoms with Crippen molar-refractivity contribution in [1.29, 1.82) is 0 Å². The summed E-state index contributed by atoms with van der Waals surface area (Å²) >= 11 is 0. The SMILES string of the molecule is CC[C@H](c1ccc(F)c(OCC2CC2)c1)C(CC=CCC1CCC(=O)NC1=O)S(N)(=O)=O. The summed E-state index contributed by atoms with van der Waals surface area (Å²) in [5.74, 6) is -1.18. The number of sulfonamides is 1. The summed E-state index contributed by atoms with van der Waals surface area (Å²) in [6.07, 6.45) is 7.51. The minimum atomic E-state index is -3.90. The van der Waals surface area contributed by atoms with Crippen LogP contribution in [0.15, 0.2) is 30.4 Å². The Hall–Kier alpha value is -2.26. The Bertz CT molecular complexity index is 975. The van der Waals surface area contributed by atoms with E-state index in [2.05, 4.69) is 5.32 Å². The number of hydrogen-bond acceptors (Lipinski definition) is 5. The van der Waals surface area contributed by atoms with E-state index in [9.17, 15) is 22.4 Å². The smallest absolute Gasteiger partial charge is 0.229 e. The van der Waals surface area contributed by atoms with Gasteiger partial charge in [-0.2, -0.15) is 0 Å². The lowest BCUT2D eigenvalue weighted by Gasteiger charge is -2.25. The van der Waals surface area contributed by atoms with Gasteiger partial charge in [-0.05, 0) is 62.1 Å². The van der Waals surface area contributed by atoms with Gasteiger partial charge in [0.25, 0.3) is 0 Å². The number of rotatable bonds is 11. The first-order chi connectivity index (χ1) is 15.2. The number of halogens is 1. The molecule has 2 fully saturated rings. The predicted molar refractivity (Wildman–Crippen MR) is 119 cm³/mol. The summed E-state index contributed by atoms with van der Waals surface area (Å²) in [5.41, 5.74) is 0.664. The van der Waals surface area contributed by atoms with Gasteiger partial charge in [0, 0.05) is 18.3 Å². The Labute approximate surface area is 188 Å². The first-order valence-electron chi connectivity index (χ1n) is 11.1. The standard InChI is InChI=1S/C23H31FN2O5S/c1-2-18(17-9-11-19(24)20(13-17)31-14-15-7-8-15)21(32(25,29)30)6-4-3-5-16-10-12-22(27)26-23(16)28/h3-4,9,11,13,15-16,18,21H,2,5-8,10,12,14H2,1H3,(H2,25,29,30)(H,26,27,28)/t16?,18-,21?/m1/s1. The van der Waals surface area contributed by atoms with Crippen molar-refractivity contribution in [2.24, 2.45) is 17.0 Å². The highest BCUT2D eigenvalue weighted by atomic mass is 32.2. The van der Waals surface area contributed by atoms with Crippen LogP contribution >= 0.6 is 0 Å². The fourth-order valence-corrected chi connectivity index (χ4v) is 5.23. The van der Waals surface area contributed by atoms with E-state index in [1.165, 1.54) is 6.07 Å². The van der Waals surface area contributed by atoms with E-state index in [-0.39, 0.29) is 29.9 Å². The number of carbonyl (C=O) groups excluding carboxylic acids is 2. The van der Waals surface area contributed by atoms with Gasteiger partial charge in [-0.15, -0.1) is 0 Å². The molecule has 1 aliphatic heterocycles. The van der Waals surface area contributed by atoms with E-state index in [1.807, 2.05) is 6.92 Å². The normalized spacial score (nSPS) is 21.4. The highest BCUT2D eigenvalue weighted by molar-refractivity contribution is 7.89. The monoisotopic (exact) mass is 466 g/mol. The van der Waals surface area contributed by atoms with E-state index >= 15 is 0 Å². The third kappa shape index (κ3) is 6.62. The quantitative estimate of drug-likeness (QED) is 0.384. The van der Waals surface area contributed by atoms with Crippen molar-refractivity contribution in [2.75, 3.05) is 6.61 Å². The van der Waals surface area contributed by atoms with Crippen molar-refractivity contribution in [3.8, 4) is 5.75 Å². The zero-order valence-electron chi connectivity index (χ0n) is 18.3. The Morgan fingerprint density at radius 2 is 2.00 bits per heavy atom. The van der Waals surface area contributed by atoms with Crippen molar-refractivity contribution >= 4 is 21.8 Å². The molecule has 1 aromatic rings. The number of primary sulfonamides is 1. The minimum Gasteiger partial charge on any atom is -0.490 e. The fraction of sp³-hybridized carbons (Fsp3) is 0.565. The van der Waals surface area contributed by atoms with Crippen LogP contribution in [0.1, 0.15) is 63.4 Å². The molecule has 176 valence electrons. The third-order valence-corrected chi connectivity index (χ3v) is 7.54. The number of piperidine rings is 1. The summed E-state index contributed by atoms with van der Waals surface area (Å²) in [6, 6.07) is 4.47. The molecular weight excluding hydrogens is 435 g/mol. The molecule has 1 saturated heterocycles. The van der Waals surface area contributed by atoms with Gasteiger partial charge in [-0.3, -0.25) is 14.9 Å². The molecule has 1 heterocycles. The van der Waals surface area contributed by atoms with Gasteiger partial charge in [0.2, 0.25) is 21.8 Å². The molecule has 1 saturated carbocycles. The van der Waals surface area contributed by atoms with Crippen LogP contribution in [0.4, 0.5) is 4.39 Å². The highest BCUT2D eigenvalue weighted by Crippen LogP contribution is 2.34. The molecule has 0 bridgehead atoms. The van der Waals surface area contributed by atoms with Crippen LogP contribution in [0, 0.1) is 17.7 Å². The number of amides is 2. The van der Waals surface area contributed by atoms with Crippen LogP contribution in [-0.4, -0.2) is 32.1 Å². The fourth-order valence-electron chi connectivity index (χ4n) is 4.05. The van der Waals surface area contributed by atoms with Crippen LogP contribution < -0.4 is 15.2 Å². The average molecular weight is 467 g/mol. The second-order valence-electron chi connectivity index (χ2n) is 8.68. The molecule has 7 nitrogen and oxygen atoms in total. The Morgan fingerprint density at radius 1 is 1.25 bits per heavy atom. The van der Waals surface area contributed by atoms with Crippen LogP contribution in [0.25, 0.3) is 0 Å². The second kappa shape index (κ2) is 10.6. The maximum Gasteiger partial charge on any atom is 0.229 e. The lowest BCUT2D eigenvalue weighted by molar-refractivity contribution is -0.136. The van der Waals surface area contributed by atoms with E-state index in [1.54, 1.807) is 24.3 Å². The molecule has 0 spiro atoms. The van der Waals surface area contributed by atoms with Gasteiger partial charge >= 0.3 is 0 Å².